The average molecular weight is 576 g/mol. The lowest BCUT2D eigenvalue weighted by molar-refractivity contribution is 0.0981. The Balaban J connectivity index is 1.19. The Morgan fingerprint density at radius 2 is 1.68 bits per heavy atom. The van der Waals surface area contributed by atoms with Crippen molar-refractivity contribution in [1.29, 1.82) is 0 Å². The highest BCUT2D eigenvalue weighted by atomic mass is 35.5. The fraction of sp³-hybridized carbons (Fsp3) is 0.200. The van der Waals surface area contributed by atoms with Crippen LogP contribution in [0.3, 0.4) is 0 Å². The quantitative estimate of drug-likeness (QED) is 0.307. The van der Waals surface area contributed by atoms with Crippen LogP contribution in [0, 0.1) is 6.92 Å². The molecule has 0 saturated carbocycles. The van der Waals surface area contributed by atoms with Crippen LogP contribution in [0.15, 0.2) is 90.1 Å². The van der Waals surface area contributed by atoms with Crippen molar-refractivity contribution < 1.29 is 13.2 Å². The number of carbonyl (C=O) groups is 1. The number of nitrogens with zero attached hydrogens (tertiary/aromatic N) is 3. The molecule has 5 rings (SSSR count). The van der Waals surface area contributed by atoms with Gasteiger partial charge < -0.3 is 10.6 Å². The number of nitrogens with two attached hydrogens (primary N) is 1. The summed E-state index contributed by atoms with van der Waals surface area (Å²) in [7, 11) is -4.01. The SMILES string of the molecule is Cc1cc(S(=O)(=O)NC(=O)c2ccc(N3CCN(Cc4cnccc4-c4ccc(Cl)cc4)CC3)cc2)ccc1N. The predicted molar refractivity (Wildman–Crippen MR) is 159 cm³/mol. The van der Waals surface area contributed by atoms with E-state index in [1.54, 1.807) is 19.1 Å². The van der Waals surface area contributed by atoms with Crippen molar-refractivity contribution in [3.05, 3.63) is 107 Å². The molecule has 0 spiro atoms. The topological polar surface area (TPSA) is 109 Å². The largest absolute Gasteiger partial charge is 0.399 e. The molecule has 1 aliphatic heterocycles. The van der Waals surface area contributed by atoms with Crippen molar-refractivity contribution in [1.82, 2.24) is 14.6 Å². The minimum Gasteiger partial charge on any atom is -0.399 e. The van der Waals surface area contributed by atoms with Crippen LogP contribution in [0.4, 0.5) is 11.4 Å². The number of amides is 1. The number of aromatic nitrogens is 1. The third kappa shape index (κ3) is 6.28. The van der Waals surface area contributed by atoms with Gasteiger partial charge in [0.2, 0.25) is 0 Å². The molecular formula is C30H30ClN5O3S. The number of pyridine rings is 1. The number of benzene rings is 3. The van der Waals surface area contributed by atoms with Crippen molar-refractivity contribution in [2.75, 3.05) is 36.8 Å². The van der Waals surface area contributed by atoms with Crippen molar-refractivity contribution >= 4 is 38.9 Å². The molecular weight excluding hydrogens is 546 g/mol. The van der Waals surface area contributed by atoms with Gasteiger partial charge in [0.05, 0.1) is 4.90 Å². The number of piperazine rings is 1. The van der Waals surface area contributed by atoms with E-state index in [-0.39, 0.29) is 10.5 Å². The maximum Gasteiger partial charge on any atom is 0.264 e. The number of halogens is 1. The summed E-state index contributed by atoms with van der Waals surface area (Å²) in [5.41, 5.74) is 11.6. The molecule has 1 fully saturated rings. The van der Waals surface area contributed by atoms with Crippen LogP contribution < -0.4 is 15.4 Å². The van der Waals surface area contributed by atoms with E-state index >= 15 is 0 Å². The summed E-state index contributed by atoms with van der Waals surface area (Å²) in [5.74, 6) is -0.682. The highest BCUT2D eigenvalue weighted by Gasteiger charge is 2.21. The number of carbonyl (C=O) groups excluding carboxylic acids is 1. The molecule has 10 heteroatoms. The number of nitrogens with one attached hydrogen (secondary N) is 1. The fourth-order valence-corrected chi connectivity index (χ4v) is 5.93. The van der Waals surface area contributed by atoms with E-state index in [0.29, 0.717) is 16.3 Å². The maximum atomic E-state index is 12.7. The number of aryl methyl sites for hydroxylation is 1. The van der Waals surface area contributed by atoms with Gasteiger partial charge in [-0.15, -0.1) is 0 Å². The van der Waals surface area contributed by atoms with Crippen LogP contribution in [-0.2, 0) is 16.6 Å². The van der Waals surface area contributed by atoms with Gasteiger partial charge in [0, 0.05) is 67.1 Å². The van der Waals surface area contributed by atoms with Crippen LogP contribution in [0.1, 0.15) is 21.5 Å². The number of sulfonamides is 1. The summed E-state index contributed by atoms with van der Waals surface area (Å²) in [6.07, 6.45) is 3.73. The van der Waals surface area contributed by atoms with E-state index < -0.39 is 15.9 Å². The molecule has 2 heterocycles. The standard InChI is InChI=1S/C30H30ClN5O3S/c1-21-18-27(10-11-29(21)32)40(38,39)34-30(37)23-4-8-26(9-5-23)36-16-14-35(15-17-36)20-24-19-33-13-12-28(24)22-2-6-25(31)7-3-22/h2-13,18-19H,14-17,20,32H2,1H3,(H,34,37). The fourth-order valence-electron chi connectivity index (χ4n) is 4.75. The van der Waals surface area contributed by atoms with Gasteiger partial charge in [-0.1, -0.05) is 23.7 Å². The second kappa shape index (κ2) is 11.7. The molecule has 1 saturated heterocycles. The highest BCUT2D eigenvalue weighted by Crippen LogP contribution is 2.26. The summed E-state index contributed by atoms with van der Waals surface area (Å²) in [4.78, 5) is 21.7. The molecule has 0 aliphatic carbocycles. The summed E-state index contributed by atoms with van der Waals surface area (Å²) in [6.45, 7) is 5.90. The Hall–Kier alpha value is -3.92. The average Bonchev–Trinajstić information content (AvgIpc) is 2.95. The van der Waals surface area contributed by atoms with Gasteiger partial charge in [0.15, 0.2) is 0 Å². The summed E-state index contributed by atoms with van der Waals surface area (Å²) in [5, 5.41) is 0.711. The smallest absolute Gasteiger partial charge is 0.264 e. The number of nitrogen functional groups attached to an aromatic ring is 1. The van der Waals surface area contributed by atoms with Gasteiger partial charge >= 0.3 is 0 Å². The molecule has 1 aliphatic rings. The molecule has 4 aromatic rings. The van der Waals surface area contributed by atoms with Crippen LogP contribution in [0.5, 0.6) is 0 Å². The first-order chi connectivity index (χ1) is 19.2. The van der Waals surface area contributed by atoms with E-state index in [4.69, 9.17) is 17.3 Å². The minimum absolute atomic E-state index is 0.00592. The maximum absolute atomic E-state index is 12.7. The molecule has 8 nitrogen and oxygen atoms in total. The molecule has 1 aromatic heterocycles. The summed E-state index contributed by atoms with van der Waals surface area (Å²) in [6, 6.07) is 21.2. The highest BCUT2D eigenvalue weighted by molar-refractivity contribution is 7.90. The van der Waals surface area contributed by atoms with Crippen LogP contribution in [0.25, 0.3) is 11.1 Å². The molecule has 0 unspecified atom stereocenters. The Bertz CT molecular complexity index is 1620. The Morgan fingerprint density at radius 3 is 2.35 bits per heavy atom. The molecule has 0 bridgehead atoms. The second-order valence-corrected chi connectivity index (χ2v) is 11.9. The first-order valence-electron chi connectivity index (χ1n) is 12.9. The predicted octanol–water partition coefficient (Wildman–Crippen LogP) is 4.73. The van der Waals surface area contributed by atoms with E-state index in [1.165, 1.54) is 18.2 Å². The normalized spacial score (nSPS) is 14.2. The van der Waals surface area contributed by atoms with Gasteiger partial charge in [-0.3, -0.25) is 14.7 Å². The van der Waals surface area contributed by atoms with Gasteiger partial charge in [-0.2, -0.15) is 0 Å². The number of hydrogen-bond donors (Lipinski definition) is 2. The van der Waals surface area contributed by atoms with Crippen LogP contribution in [0.2, 0.25) is 5.02 Å². The Labute approximate surface area is 239 Å². The Morgan fingerprint density at radius 1 is 0.975 bits per heavy atom. The minimum atomic E-state index is -4.01. The van der Waals surface area contributed by atoms with Crippen molar-refractivity contribution in [3.8, 4) is 11.1 Å². The number of hydrogen-bond acceptors (Lipinski definition) is 7. The summed E-state index contributed by atoms with van der Waals surface area (Å²) < 4.78 is 27.5. The van der Waals surface area contributed by atoms with E-state index in [2.05, 4.69) is 19.5 Å². The zero-order valence-electron chi connectivity index (χ0n) is 22.0. The lowest BCUT2D eigenvalue weighted by Gasteiger charge is -2.36. The van der Waals surface area contributed by atoms with Crippen LogP contribution >= 0.6 is 11.6 Å². The van der Waals surface area contributed by atoms with E-state index in [9.17, 15) is 13.2 Å². The monoisotopic (exact) mass is 575 g/mol. The molecule has 1 amide bonds. The lowest BCUT2D eigenvalue weighted by atomic mass is 10.0. The van der Waals surface area contributed by atoms with E-state index in [1.807, 2.05) is 54.9 Å². The zero-order chi connectivity index (χ0) is 28.3. The van der Waals surface area contributed by atoms with Gasteiger partial charge in [-0.05, 0) is 89.8 Å². The second-order valence-electron chi connectivity index (χ2n) is 9.80. The van der Waals surface area contributed by atoms with E-state index in [0.717, 1.165) is 55.1 Å². The zero-order valence-corrected chi connectivity index (χ0v) is 23.6. The molecule has 0 atom stereocenters. The number of anilines is 2. The first-order valence-corrected chi connectivity index (χ1v) is 14.8. The van der Waals surface area contributed by atoms with Gasteiger partial charge in [0.25, 0.3) is 15.9 Å². The van der Waals surface area contributed by atoms with Gasteiger partial charge in [0.1, 0.15) is 0 Å². The molecule has 3 N–H and O–H groups in total. The van der Waals surface area contributed by atoms with Crippen LogP contribution in [-0.4, -0.2) is 50.4 Å². The Kier molecular flexibility index (Phi) is 8.07. The summed E-state index contributed by atoms with van der Waals surface area (Å²) >= 11 is 6.07. The molecule has 40 heavy (non-hydrogen) atoms. The number of rotatable bonds is 7. The van der Waals surface area contributed by atoms with Crippen molar-refractivity contribution in [2.24, 2.45) is 0 Å². The lowest BCUT2D eigenvalue weighted by Crippen LogP contribution is -2.46. The third-order valence-electron chi connectivity index (χ3n) is 7.10. The molecule has 0 radical (unpaired) electrons. The molecule has 3 aromatic carbocycles. The third-order valence-corrected chi connectivity index (χ3v) is 8.68. The molecule has 206 valence electrons. The van der Waals surface area contributed by atoms with Gasteiger partial charge in [-0.25, -0.2) is 13.1 Å². The van der Waals surface area contributed by atoms with Crippen molar-refractivity contribution in [3.63, 3.8) is 0 Å². The first kappa shape index (κ1) is 27.6. The van der Waals surface area contributed by atoms with Crippen molar-refractivity contribution in [2.45, 2.75) is 18.4 Å².